The maximum absolute atomic E-state index is 6.42. The lowest BCUT2D eigenvalue weighted by Gasteiger charge is -2.14. The molecule has 1 aromatic heterocycles. The average molecular weight is 299 g/mol. The molecule has 19 heavy (non-hydrogen) atoms. The summed E-state index contributed by atoms with van der Waals surface area (Å²) in [6, 6.07) is 5.41. The first-order chi connectivity index (χ1) is 9.25. The van der Waals surface area contributed by atoms with E-state index in [4.69, 9.17) is 37.1 Å². The first-order valence-electron chi connectivity index (χ1n) is 6.01. The molecule has 1 aliphatic heterocycles. The van der Waals surface area contributed by atoms with Gasteiger partial charge in [-0.1, -0.05) is 11.6 Å². The van der Waals surface area contributed by atoms with Crippen molar-refractivity contribution in [1.82, 2.24) is 0 Å². The van der Waals surface area contributed by atoms with Crippen molar-refractivity contribution >= 4 is 23.2 Å². The van der Waals surface area contributed by atoms with Gasteiger partial charge in [0.2, 0.25) is 0 Å². The number of hydrogen-bond donors (Lipinski definition) is 0. The van der Waals surface area contributed by atoms with Crippen LogP contribution in [0.2, 0.25) is 5.02 Å². The lowest BCUT2D eigenvalue weighted by molar-refractivity contribution is 0.297. The van der Waals surface area contributed by atoms with E-state index in [0.29, 0.717) is 29.7 Å². The molecule has 1 atom stereocenters. The molecule has 2 aromatic rings. The van der Waals surface area contributed by atoms with Crippen LogP contribution in [-0.2, 0) is 0 Å². The molecule has 5 heteroatoms. The van der Waals surface area contributed by atoms with Crippen molar-refractivity contribution in [2.75, 3.05) is 13.2 Å². The van der Waals surface area contributed by atoms with Gasteiger partial charge in [-0.25, -0.2) is 0 Å². The minimum atomic E-state index is -0.372. The van der Waals surface area contributed by atoms with E-state index >= 15 is 0 Å². The topological polar surface area (TPSA) is 31.6 Å². The third-order valence-corrected chi connectivity index (χ3v) is 3.79. The van der Waals surface area contributed by atoms with Gasteiger partial charge in [0.25, 0.3) is 0 Å². The van der Waals surface area contributed by atoms with Gasteiger partial charge in [0.1, 0.15) is 0 Å². The van der Waals surface area contributed by atoms with Crippen molar-refractivity contribution < 1.29 is 13.9 Å². The Kier molecular flexibility index (Phi) is 3.58. The van der Waals surface area contributed by atoms with Gasteiger partial charge < -0.3 is 13.9 Å². The van der Waals surface area contributed by atoms with Gasteiger partial charge in [-0.15, -0.1) is 11.6 Å². The summed E-state index contributed by atoms with van der Waals surface area (Å²) in [4.78, 5) is 0. The number of fused-ring (bicyclic) bond motifs is 1. The number of halogens is 2. The first-order valence-corrected chi connectivity index (χ1v) is 6.82. The van der Waals surface area contributed by atoms with Crippen LogP contribution >= 0.6 is 23.2 Å². The number of rotatable bonds is 2. The molecule has 0 saturated carbocycles. The summed E-state index contributed by atoms with van der Waals surface area (Å²) in [5.74, 6) is 1.35. The molecule has 3 rings (SSSR count). The van der Waals surface area contributed by atoms with Gasteiger partial charge >= 0.3 is 0 Å². The molecule has 0 spiro atoms. The molecule has 0 amide bonds. The third kappa shape index (κ3) is 2.53. The van der Waals surface area contributed by atoms with Crippen LogP contribution in [0.3, 0.4) is 0 Å². The molecule has 1 unspecified atom stereocenters. The first kappa shape index (κ1) is 12.7. The molecule has 0 saturated heterocycles. The largest absolute Gasteiger partial charge is 0.490 e. The Morgan fingerprint density at radius 3 is 2.53 bits per heavy atom. The zero-order chi connectivity index (χ0) is 13.2. The molecule has 3 nitrogen and oxygen atoms in total. The van der Waals surface area contributed by atoms with Crippen molar-refractivity contribution in [3.05, 3.63) is 46.9 Å². The van der Waals surface area contributed by atoms with Crippen molar-refractivity contribution in [2.45, 2.75) is 11.8 Å². The van der Waals surface area contributed by atoms with E-state index in [1.54, 1.807) is 18.6 Å². The highest BCUT2D eigenvalue weighted by Gasteiger charge is 2.20. The zero-order valence-corrected chi connectivity index (χ0v) is 11.6. The molecule has 100 valence electrons. The monoisotopic (exact) mass is 298 g/mol. The van der Waals surface area contributed by atoms with E-state index in [1.165, 1.54) is 0 Å². The van der Waals surface area contributed by atoms with E-state index in [1.807, 2.05) is 12.1 Å². The second kappa shape index (κ2) is 5.35. The van der Waals surface area contributed by atoms with Crippen molar-refractivity contribution in [3.8, 4) is 11.5 Å². The molecule has 2 heterocycles. The summed E-state index contributed by atoms with van der Waals surface area (Å²) >= 11 is 12.7. The second-order valence-electron chi connectivity index (χ2n) is 4.29. The Bertz CT molecular complexity index is 566. The van der Waals surface area contributed by atoms with Gasteiger partial charge in [-0.2, -0.15) is 0 Å². The van der Waals surface area contributed by atoms with Gasteiger partial charge in [0, 0.05) is 23.1 Å². The Morgan fingerprint density at radius 1 is 1.11 bits per heavy atom. The van der Waals surface area contributed by atoms with E-state index in [0.717, 1.165) is 17.5 Å². The van der Waals surface area contributed by atoms with Crippen LogP contribution < -0.4 is 9.47 Å². The van der Waals surface area contributed by atoms with Crippen LogP contribution in [0, 0.1) is 0 Å². The Balaban J connectivity index is 2.00. The Labute approximate surface area is 121 Å². The fraction of sp³-hybridized carbons (Fsp3) is 0.286. The van der Waals surface area contributed by atoms with E-state index in [2.05, 4.69) is 0 Å². The molecule has 0 bridgehead atoms. The predicted molar refractivity (Wildman–Crippen MR) is 73.5 cm³/mol. The average Bonchev–Trinajstić information content (AvgIpc) is 2.84. The summed E-state index contributed by atoms with van der Waals surface area (Å²) in [5, 5.41) is 0.189. The number of ether oxygens (including phenoxy) is 2. The standard InChI is InChI=1S/C14H12Cl2O3/c15-11-7-13-12(18-3-1-4-19-13)6-10(11)14(16)9-2-5-17-8-9/h2,5-8,14H,1,3-4H2. The van der Waals surface area contributed by atoms with Crippen LogP contribution in [0.4, 0.5) is 0 Å². The smallest absolute Gasteiger partial charge is 0.162 e. The molecular formula is C14H12Cl2O3. The molecule has 1 aromatic carbocycles. The maximum atomic E-state index is 6.42. The molecule has 0 radical (unpaired) electrons. The number of furan rings is 1. The quantitative estimate of drug-likeness (QED) is 0.769. The third-order valence-electron chi connectivity index (χ3n) is 2.98. The second-order valence-corrected chi connectivity index (χ2v) is 5.13. The number of alkyl halides is 1. The fourth-order valence-corrected chi connectivity index (χ4v) is 2.62. The van der Waals surface area contributed by atoms with Crippen molar-refractivity contribution in [2.24, 2.45) is 0 Å². The highest BCUT2D eigenvalue weighted by atomic mass is 35.5. The summed E-state index contributed by atoms with van der Waals surface area (Å²) in [6.45, 7) is 1.27. The Hall–Kier alpha value is -1.32. The molecule has 0 N–H and O–H groups in total. The van der Waals surface area contributed by atoms with Crippen molar-refractivity contribution in [3.63, 3.8) is 0 Å². The molecular weight excluding hydrogens is 287 g/mol. The normalized spacial score (nSPS) is 15.9. The van der Waals surface area contributed by atoms with Crippen molar-refractivity contribution in [1.29, 1.82) is 0 Å². The molecule has 0 fully saturated rings. The fourth-order valence-electron chi connectivity index (χ4n) is 1.99. The summed E-state index contributed by atoms with van der Waals surface area (Å²) < 4.78 is 16.3. The predicted octanol–water partition coefficient (Wildman–Crippen LogP) is 4.42. The number of benzene rings is 1. The summed E-state index contributed by atoms with van der Waals surface area (Å²) in [6.07, 6.45) is 4.05. The van der Waals surface area contributed by atoms with E-state index < -0.39 is 0 Å². The number of hydrogen-bond acceptors (Lipinski definition) is 3. The summed E-state index contributed by atoms with van der Waals surface area (Å²) in [7, 11) is 0. The highest BCUT2D eigenvalue weighted by Crippen LogP contribution is 2.41. The maximum Gasteiger partial charge on any atom is 0.162 e. The molecule has 1 aliphatic rings. The summed E-state index contributed by atoms with van der Waals surface area (Å²) in [5.41, 5.74) is 1.65. The highest BCUT2D eigenvalue weighted by molar-refractivity contribution is 6.33. The minimum Gasteiger partial charge on any atom is -0.490 e. The van der Waals surface area contributed by atoms with Crippen LogP contribution in [0.25, 0.3) is 0 Å². The van der Waals surface area contributed by atoms with E-state index in [-0.39, 0.29) is 5.38 Å². The van der Waals surface area contributed by atoms with Gasteiger partial charge in [0.05, 0.1) is 31.1 Å². The Morgan fingerprint density at radius 2 is 1.84 bits per heavy atom. The SMILES string of the molecule is Clc1cc2c(cc1C(Cl)c1ccoc1)OCCCO2. The van der Waals surface area contributed by atoms with E-state index in [9.17, 15) is 0 Å². The van der Waals surface area contributed by atoms with Gasteiger partial charge in [0.15, 0.2) is 11.5 Å². The van der Waals surface area contributed by atoms with Crippen LogP contribution in [0.5, 0.6) is 11.5 Å². The zero-order valence-electron chi connectivity index (χ0n) is 10.1. The van der Waals surface area contributed by atoms with Crippen LogP contribution in [0.15, 0.2) is 35.1 Å². The lowest BCUT2D eigenvalue weighted by atomic mass is 10.1. The van der Waals surface area contributed by atoms with Gasteiger partial charge in [-0.05, 0) is 17.7 Å². The van der Waals surface area contributed by atoms with Crippen LogP contribution in [0.1, 0.15) is 22.9 Å². The minimum absolute atomic E-state index is 0.372. The molecule has 0 aliphatic carbocycles. The van der Waals surface area contributed by atoms with Gasteiger partial charge in [-0.3, -0.25) is 0 Å². The lowest BCUT2D eigenvalue weighted by Crippen LogP contribution is -1.97. The van der Waals surface area contributed by atoms with Crippen LogP contribution in [-0.4, -0.2) is 13.2 Å².